The normalized spacial score (nSPS) is 12.5. The van der Waals surface area contributed by atoms with Gasteiger partial charge in [-0.3, -0.25) is 4.90 Å². The summed E-state index contributed by atoms with van der Waals surface area (Å²) >= 11 is 2.30. The predicted octanol–water partition coefficient (Wildman–Crippen LogP) is 6.22. The second-order valence-electron chi connectivity index (χ2n) is 6.76. The van der Waals surface area contributed by atoms with E-state index in [1.807, 2.05) is 6.07 Å². The van der Waals surface area contributed by atoms with Crippen molar-refractivity contribution in [3.05, 3.63) is 118 Å². The van der Waals surface area contributed by atoms with E-state index in [1.165, 1.54) is 16.7 Å². The Kier molecular flexibility index (Phi) is 8.75. The highest BCUT2D eigenvalue weighted by molar-refractivity contribution is 14.1. The van der Waals surface area contributed by atoms with Gasteiger partial charge in [-0.2, -0.15) is 0 Å². The minimum Gasteiger partial charge on any atom is -0.375 e. The summed E-state index contributed by atoms with van der Waals surface area (Å²) in [6.07, 6.45) is 2.23. The number of rotatable bonds is 10. The summed E-state index contributed by atoms with van der Waals surface area (Å²) in [5.41, 5.74) is 3.83. The van der Waals surface area contributed by atoms with Gasteiger partial charge in [-0.1, -0.05) is 120 Å². The number of hydrogen-bond acceptors (Lipinski definition) is 2. The van der Waals surface area contributed by atoms with Crippen LogP contribution in [0.3, 0.4) is 0 Å². The molecule has 144 valence electrons. The van der Waals surface area contributed by atoms with Gasteiger partial charge < -0.3 is 4.74 Å². The van der Waals surface area contributed by atoms with Crippen molar-refractivity contribution >= 4 is 22.6 Å². The van der Waals surface area contributed by atoms with Crippen molar-refractivity contribution in [2.45, 2.75) is 25.7 Å². The van der Waals surface area contributed by atoms with Crippen molar-refractivity contribution in [2.24, 2.45) is 0 Å². The van der Waals surface area contributed by atoms with Crippen LogP contribution in [0.2, 0.25) is 0 Å². The second-order valence-corrected chi connectivity index (χ2v) is 7.48. The van der Waals surface area contributed by atoms with Crippen LogP contribution < -0.4 is 0 Å². The first-order valence-electron chi connectivity index (χ1n) is 9.55. The standard InChI is InChI=1S/C25H26INO/c26-17-16-25(21-28-20-24-14-8-3-9-15-24)27(18-22-10-4-1-5-11-22)19-23-12-6-2-7-13-23/h1-17,25H,18-21H2/b17-16+/t25-/m0/s1. The van der Waals surface area contributed by atoms with E-state index in [4.69, 9.17) is 4.74 Å². The first kappa shape index (κ1) is 20.8. The van der Waals surface area contributed by atoms with Crippen LogP contribution in [0, 0.1) is 0 Å². The van der Waals surface area contributed by atoms with Crippen LogP contribution in [0.5, 0.6) is 0 Å². The van der Waals surface area contributed by atoms with E-state index in [-0.39, 0.29) is 6.04 Å². The SMILES string of the molecule is I/C=C/[C@@H](COCc1ccccc1)N(Cc1ccccc1)Cc1ccccc1. The van der Waals surface area contributed by atoms with Crippen molar-refractivity contribution in [1.29, 1.82) is 0 Å². The molecule has 0 bridgehead atoms. The van der Waals surface area contributed by atoms with E-state index in [2.05, 4.69) is 123 Å². The van der Waals surface area contributed by atoms with Gasteiger partial charge in [0.2, 0.25) is 0 Å². The van der Waals surface area contributed by atoms with Crippen LogP contribution in [-0.4, -0.2) is 17.5 Å². The van der Waals surface area contributed by atoms with Gasteiger partial charge in [-0.25, -0.2) is 0 Å². The Morgan fingerprint density at radius 1 is 0.714 bits per heavy atom. The summed E-state index contributed by atoms with van der Waals surface area (Å²) in [4.78, 5) is 2.48. The number of hydrogen-bond donors (Lipinski definition) is 0. The Morgan fingerprint density at radius 3 is 1.64 bits per heavy atom. The Morgan fingerprint density at radius 2 is 1.18 bits per heavy atom. The van der Waals surface area contributed by atoms with E-state index in [0.717, 1.165) is 13.1 Å². The molecule has 3 rings (SSSR count). The number of ether oxygens (including phenoxy) is 1. The summed E-state index contributed by atoms with van der Waals surface area (Å²) in [7, 11) is 0. The van der Waals surface area contributed by atoms with Gasteiger partial charge in [0.05, 0.1) is 19.3 Å². The molecule has 0 aliphatic carbocycles. The van der Waals surface area contributed by atoms with Crippen molar-refractivity contribution in [3.8, 4) is 0 Å². The summed E-state index contributed by atoms with van der Waals surface area (Å²) in [6.45, 7) is 3.07. The average Bonchev–Trinajstić information content (AvgIpc) is 2.75. The lowest BCUT2D eigenvalue weighted by atomic mass is 10.1. The average molecular weight is 483 g/mol. The molecule has 0 aliphatic heterocycles. The zero-order valence-electron chi connectivity index (χ0n) is 16.0. The van der Waals surface area contributed by atoms with Crippen molar-refractivity contribution < 1.29 is 4.74 Å². The third kappa shape index (κ3) is 6.89. The van der Waals surface area contributed by atoms with Gasteiger partial charge in [0.25, 0.3) is 0 Å². The lowest BCUT2D eigenvalue weighted by Gasteiger charge is -2.30. The molecule has 2 nitrogen and oxygen atoms in total. The molecule has 0 aliphatic rings. The van der Waals surface area contributed by atoms with Crippen LogP contribution in [-0.2, 0) is 24.4 Å². The van der Waals surface area contributed by atoms with E-state index in [9.17, 15) is 0 Å². The maximum Gasteiger partial charge on any atom is 0.0717 e. The number of halogens is 1. The monoisotopic (exact) mass is 483 g/mol. The van der Waals surface area contributed by atoms with E-state index >= 15 is 0 Å². The van der Waals surface area contributed by atoms with Gasteiger partial charge in [-0.05, 0) is 20.8 Å². The van der Waals surface area contributed by atoms with Crippen LogP contribution in [0.1, 0.15) is 16.7 Å². The zero-order chi connectivity index (χ0) is 19.4. The van der Waals surface area contributed by atoms with E-state index < -0.39 is 0 Å². The van der Waals surface area contributed by atoms with Gasteiger partial charge in [-0.15, -0.1) is 0 Å². The largest absolute Gasteiger partial charge is 0.375 e. The van der Waals surface area contributed by atoms with E-state index in [0.29, 0.717) is 13.2 Å². The summed E-state index contributed by atoms with van der Waals surface area (Å²) in [5, 5.41) is 0. The van der Waals surface area contributed by atoms with Gasteiger partial charge in [0.1, 0.15) is 0 Å². The molecule has 3 aromatic rings. The molecule has 0 saturated heterocycles. The van der Waals surface area contributed by atoms with Crippen LogP contribution in [0.4, 0.5) is 0 Å². The smallest absolute Gasteiger partial charge is 0.0717 e. The molecule has 0 aromatic heterocycles. The molecule has 1 atom stereocenters. The Labute approximate surface area is 182 Å². The Bertz CT molecular complexity index is 779. The van der Waals surface area contributed by atoms with Gasteiger partial charge in [0, 0.05) is 13.1 Å². The molecule has 0 saturated carbocycles. The van der Waals surface area contributed by atoms with Crippen LogP contribution in [0.15, 0.2) is 101 Å². The second kappa shape index (κ2) is 11.8. The molecule has 0 spiro atoms. The van der Waals surface area contributed by atoms with Crippen molar-refractivity contribution in [3.63, 3.8) is 0 Å². The Balaban J connectivity index is 1.71. The molecule has 0 fully saturated rings. The summed E-state index contributed by atoms with van der Waals surface area (Å²) < 4.78 is 8.19. The summed E-state index contributed by atoms with van der Waals surface area (Å²) in [5.74, 6) is 0. The first-order chi connectivity index (χ1) is 13.8. The highest BCUT2D eigenvalue weighted by Gasteiger charge is 2.17. The maximum atomic E-state index is 6.09. The molecule has 3 heteroatoms. The third-order valence-corrected chi connectivity index (χ3v) is 5.04. The topological polar surface area (TPSA) is 12.5 Å². The molecule has 0 N–H and O–H groups in total. The predicted molar refractivity (Wildman–Crippen MR) is 125 cm³/mol. The highest BCUT2D eigenvalue weighted by atomic mass is 127. The van der Waals surface area contributed by atoms with Crippen molar-refractivity contribution in [2.75, 3.05) is 6.61 Å². The number of nitrogens with zero attached hydrogens (tertiary/aromatic N) is 1. The quantitative estimate of drug-likeness (QED) is 0.318. The van der Waals surface area contributed by atoms with E-state index in [1.54, 1.807) is 0 Å². The van der Waals surface area contributed by atoms with Gasteiger partial charge >= 0.3 is 0 Å². The fourth-order valence-corrected chi connectivity index (χ4v) is 3.64. The molecule has 0 radical (unpaired) electrons. The molecular weight excluding hydrogens is 457 g/mol. The molecular formula is C25H26INO. The Hall–Kier alpha value is -1.95. The fraction of sp³-hybridized carbons (Fsp3) is 0.200. The highest BCUT2D eigenvalue weighted by Crippen LogP contribution is 2.16. The minimum atomic E-state index is 0.209. The van der Waals surface area contributed by atoms with Crippen LogP contribution >= 0.6 is 22.6 Å². The lowest BCUT2D eigenvalue weighted by molar-refractivity contribution is 0.0612. The molecule has 3 aromatic carbocycles. The zero-order valence-corrected chi connectivity index (χ0v) is 18.1. The maximum absolute atomic E-state index is 6.09. The summed E-state index contributed by atoms with van der Waals surface area (Å²) in [6, 6.07) is 31.9. The molecule has 28 heavy (non-hydrogen) atoms. The molecule has 0 unspecified atom stereocenters. The number of benzene rings is 3. The van der Waals surface area contributed by atoms with Crippen molar-refractivity contribution in [1.82, 2.24) is 4.90 Å². The third-order valence-electron chi connectivity index (χ3n) is 4.62. The lowest BCUT2D eigenvalue weighted by Crippen LogP contribution is -2.36. The molecule has 0 heterocycles. The van der Waals surface area contributed by atoms with Gasteiger partial charge in [0.15, 0.2) is 0 Å². The minimum absolute atomic E-state index is 0.209. The molecule has 0 amide bonds. The van der Waals surface area contributed by atoms with Crippen LogP contribution in [0.25, 0.3) is 0 Å². The first-order valence-corrected chi connectivity index (χ1v) is 10.8. The fourth-order valence-electron chi connectivity index (χ4n) is 3.16.